The van der Waals surface area contributed by atoms with Crippen molar-refractivity contribution in [3.8, 4) is 0 Å². The van der Waals surface area contributed by atoms with Crippen molar-refractivity contribution in [3.05, 3.63) is 21.9 Å². The summed E-state index contributed by atoms with van der Waals surface area (Å²) < 4.78 is 28.5. The summed E-state index contributed by atoms with van der Waals surface area (Å²) in [5.41, 5.74) is 0.365. The SMILES string of the molecule is O=S(=O)(Nc1cnc(Cl)c(Br)c1)NC1CC1. The van der Waals surface area contributed by atoms with Crippen LogP contribution in [-0.2, 0) is 10.2 Å². The van der Waals surface area contributed by atoms with Crippen molar-refractivity contribution in [1.29, 1.82) is 0 Å². The number of pyridine rings is 1. The molecule has 1 aliphatic carbocycles. The van der Waals surface area contributed by atoms with Gasteiger partial charge in [0.05, 0.1) is 16.4 Å². The maximum Gasteiger partial charge on any atom is 0.299 e. The molecule has 1 aromatic rings. The van der Waals surface area contributed by atoms with E-state index < -0.39 is 10.2 Å². The number of aromatic nitrogens is 1. The molecule has 0 spiro atoms. The average molecular weight is 327 g/mol. The van der Waals surface area contributed by atoms with E-state index in [9.17, 15) is 8.42 Å². The summed E-state index contributed by atoms with van der Waals surface area (Å²) in [6, 6.07) is 1.63. The number of hydrogen-bond donors (Lipinski definition) is 2. The van der Waals surface area contributed by atoms with E-state index in [1.807, 2.05) is 0 Å². The van der Waals surface area contributed by atoms with Crippen molar-refractivity contribution < 1.29 is 8.42 Å². The van der Waals surface area contributed by atoms with Crippen molar-refractivity contribution in [3.63, 3.8) is 0 Å². The predicted octanol–water partition coefficient (Wildman–Crippen LogP) is 1.91. The molecule has 8 heteroatoms. The summed E-state index contributed by atoms with van der Waals surface area (Å²) in [5.74, 6) is 0. The molecule has 0 atom stereocenters. The van der Waals surface area contributed by atoms with E-state index in [4.69, 9.17) is 11.6 Å². The molecular formula is C8H9BrClN3O2S. The molecule has 0 unspecified atom stereocenters. The Morgan fingerprint density at radius 3 is 2.75 bits per heavy atom. The molecule has 2 N–H and O–H groups in total. The Morgan fingerprint density at radius 1 is 1.50 bits per heavy atom. The van der Waals surface area contributed by atoms with Gasteiger partial charge < -0.3 is 0 Å². The topological polar surface area (TPSA) is 71.1 Å². The third kappa shape index (κ3) is 3.31. The average Bonchev–Trinajstić information content (AvgIpc) is 2.94. The van der Waals surface area contributed by atoms with Gasteiger partial charge in [0, 0.05) is 6.04 Å². The summed E-state index contributed by atoms with van der Waals surface area (Å²) >= 11 is 8.86. The van der Waals surface area contributed by atoms with Crippen LogP contribution in [0.15, 0.2) is 16.7 Å². The van der Waals surface area contributed by atoms with E-state index in [2.05, 4.69) is 30.4 Å². The highest BCUT2D eigenvalue weighted by Crippen LogP contribution is 2.24. The Labute approximate surface area is 107 Å². The van der Waals surface area contributed by atoms with Crippen LogP contribution in [0.4, 0.5) is 5.69 Å². The molecule has 1 heterocycles. The van der Waals surface area contributed by atoms with E-state index >= 15 is 0 Å². The van der Waals surface area contributed by atoms with Crippen LogP contribution in [0, 0.1) is 0 Å². The van der Waals surface area contributed by atoms with Gasteiger partial charge >= 0.3 is 0 Å². The number of hydrogen-bond acceptors (Lipinski definition) is 3. The second-order valence-corrected chi connectivity index (χ2v) is 6.15. The first-order chi connectivity index (χ1) is 7.46. The largest absolute Gasteiger partial charge is 0.299 e. The summed E-state index contributed by atoms with van der Waals surface area (Å²) in [6.45, 7) is 0. The third-order valence-electron chi connectivity index (χ3n) is 1.95. The van der Waals surface area contributed by atoms with Crippen molar-refractivity contribution in [2.24, 2.45) is 0 Å². The fourth-order valence-electron chi connectivity index (χ4n) is 1.08. The zero-order valence-corrected chi connectivity index (χ0v) is 11.2. The van der Waals surface area contributed by atoms with Gasteiger partial charge in [0.1, 0.15) is 5.15 Å². The van der Waals surface area contributed by atoms with E-state index in [0.717, 1.165) is 12.8 Å². The maximum absolute atomic E-state index is 11.5. The predicted molar refractivity (Wildman–Crippen MR) is 65.6 cm³/mol. The first kappa shape index (κ1) is 12.1. The zero-order valence-electron chi connectivity index (χ0n) is 8.07. The lowest BCUT2D eigenvalue weighted by atomic mass is 10.4. The number of nitrogens with one attached hydrogen (secondary N) is 2. The maximum atomic E-state index is 11.5. The van der Waals surface area contributed by atoms with Gasteiger partial charge in [-0.1, -0.05) is 11.6 Å². The zero-order chi connectivity index (χ0) is 11.8. The van der Waals surface area contributed by atoms with E-state index in [1.165, 1.54) is 6.20 Å². The highest BCUT2D eigenvalue weighted by molar-refractivity contribution is 9.10. The standard InChI is InChI=1S/C8H9BrClN3O2S/c9-7-3-6(4-11-8(7)10)13-16(14,15)12-5-1-2-5/h3-5,12-13H,1-2H2. The minimum absolute atomic E-state index is 0.0706. The Kier molecular flexibility index (Phi) is 3.39. The summed E-state index contributed by atoms with van der Waals surface area (Å²) in [7, 11) is -3.50. The third-order valence-corrected chi connectivity index (χ3v) is 4.23. The number of halogens is 2. The lowest BCUT2D eigenvalue weighted by molar-refractivity contribution is 0.586. The molecule has 1 aromatic heterocycles. The van der Waals surface area contributed by atoms with Crippen molar-refractivity contribution in [1.82, 2.24) is 9.71 Å². The minimum Gasteiger partial charge on any atom is -0.269 e. The molecule has 88 valence electrons. The van der Waals surface area contributed by atoms with Gasteiger partial charge in [-0.05, 0) is 34.8 Å². The fraction of sp³-hybridized carbons (Fsp3) is 0.375. The molecule has 0 amide bonds. The second kappa shape index (κ2) is 4.48. The van der Waals surface area contributed by atoms with Gasteiger partial charge in [0.25, 0.3) is 10.2 Å². The van der Waals surface area contributed by atoms with Crippen LogP contribution in [-0.4, -0.2) is 19.4 Å². The van der Waals surface area contributed by atoms with Crippen molar-refractivity contribution in [2.45, 2.75) is 18.9 Å². The molecule has 0 saturated heterocycles. The summed E-state index contributed by atoms with van der Waals surface area (Å²) in [6.07, 6.45) is 3.15. The molecule has 0 radical (unpaired) electrons. The fourth-order valence-corrected chi connectivity index (χ4v) is 2.69. The lowest BCUT2D eigenvalue weighted by Crippen LogP contribution is -2.31. The van der Waals surface area contributed by atoms with Gasteiger partial charge in [-0.3, -0.25) is 4.72 Å². The molecule has 0 aromatic carbocycles. The quantitative estimate of drug-likeness (QED) is 0.830. The lowest BCUT2D eigenvalue weighted by Gasteiger charge is -2.08. The Balaban J connectivity index is 2.10. The van der Waals surface area contributed by atoms with Crippen molar-refractivity contribution in [2.75, 3.05) is 4.72 Å². The Hall–Kier alpha value is -0.370. The smallest absolute Gasteiger partial charge is 0.269 e. The molecular weight excluding hydrogens is 318 g/mol. The number of rotatable bonds is 4. The van der Waals surface area contributed by atoms with Gasteiger partial charge in [0.15, 0.2) is 0 Å². The number of anilines is 1. The van der Waals surface area contributed by atoms with Crippen LogP contribution in [0.1, 0.15) is 12.8 Å². The Morgan fingerprint density at radius 2 is 2.19 bits per heavy atom. The first-order valence-electron chi connectivity index (χ1n) is 4.57. The molecule has 1 saturated carbocycles. The van der Waals surface area contributed by atoms with Gasteiger partial charge in [-0.15, -0.1) is 0 Å². The summed E-state index contributed by atoms with van der Waals surface area (Å²) in [5, 5.41) is 0.290. The van der Waals surface area contributed by atoms with E-state index in [1.54, 1.807) is 6.07 Å². The first-order valence-corrected chi connectivity index (χ1v) is 7.23. The van der Waals surface area contributed by atoms with Crippen molar-refractivity contribution >= 4 is 43.4 Å². The normalized spacial score (nSPS) is 16.1. The van der Waals surface area contributed by atoms with Gasteiger partial charge in [0.2, 0.25) is 0 Å². The molecule has 5 nitrogen and oxygen atoms in total. The highest BCUT2D eigenvalue weighted by Gasteiger charge is 2.26. The minimum atomic E-state index is -3.50. The number of nitrogens with zero attached hydrogens (tertiary/aromatic N) is 1. The summed E-state index contributed by atoms with van der Waals surface area (Å²) in [4.78, 5) is 3.82. The van der Waals surface area contributed by atoms with Crippen LogP contribution >= 0.6 is 27.5 Å². The van der Waals surface area contributed by atoms with Gasteiger partial charge in [-0.25, -0.2) is 4.98 Å². The molecule has 1 aliphatic rings. The monoisotopic (exact) mass is 325 g/mol. The molecule has 16 heavy (non-hydrogen) atoms. The highest BCUT2D eigenvalue weighted by atomic mass is 79.9. The van der Waals surface area contributed by atoms with Crippen LogP contribution in [0.25, 0.3) is 0 Å². The molecule has 0 aliphatic heterocycles. The van der Waals surface area contributed by atoms with Crippen LogP contribution in [0.3, 0.4) is 0 Å². The Bertz CT molecular complexity index is 504. The van der Waals surface area contributed by atoms with Crippen LogP contribution in [0.5, 0.6) is 0 Å². The van der Waals surface area contributed by atoms with E-state index in [-0.39, 0.29) is 11.2 Å². The van der Waals surface area contributed by atoms with Gasteiger partial charge in [-0.2, -0.15) is 13.1 Å². The van der Waals surface area contributed by atoms with Crippen LogP contribution in [0.2, 0.25) is 5.15 Å². The van der Waals surface area contributed by atoms with Crippen LogP contribution < -0.4 is 9.44 Å². The molecule has 1 fully saturated rings. The second-order valence-electron chi connectivity index (χ2n) is 3.49. The molecule has 0 bridgehead atoms. The molecule has 2 rings (SSSR count). The van der Waals surface area contributed by atoms with E-state index in [0.29, 0.717) is 10.2 Å².